The Bertz CT molecular complexity index is 356. The van der Waals surface area contributed by atoms with Crippen LogP contribution in [-0.4, -0.2) is 28.2 Å². The van der Waals surface area contributed by atoms with E-state index in [4.69, 9.17) is 0 Å². The van der Waals surface area contributed by atoms with Gasteiger partial charge in [0.2, 0.25) is 10.1 Å². The Kier molecular flexibility index (Phi) is 4.23. The molecule has 0 radical (unpaired) electrons. The van der Waals surface area contributed by atoms with Crippen molar-refractivity contribution in [2.45, 2.75) is 39.7 Å². The Morgan fingerprint density at radius 2 is 2.06 bits per heavy atom. The van der Waals surface area contributed by atoms with Crippen molar-refractivity contribution < 1.29 is 4.79 Å². The predicted octanol–water partition coefficient (Wildman–Crippen LogP) is 1.89. The molecule has 90 valence electrons. The molecule has 16 heavy (non-hydrogen) atoms. The summed E-state index contributed by atoms with van der Waals surface area (Å²) in [5, 5.41) is 14.8. The van der Waals surface area contributed by atoms with Crippen molar-refractivity contribution in [3.63, 3.8) is 0 Å². The Labute approximate surface area is 99.7 Å². The maximum absolute atomic E-state index is 11.7. The summed E-state index contributed by atoms with van der Waals surface area (Å²) in [6.45, 7) is 8.71. The fourth-order valence-electron chi connectivity index (χ4n) is 1.01. The van der Waals surface area contributed by atoms with Crippen molar-refractivity contribution in [3.8, 4) is 0 Å². The second-order valence-corrected chi connectivity index (χ2v) is 5.52. The number of aromatic nitrogens is 2. The summed E-state index contributed by atoms with van der Waals surface area (Å²) in [4.78, 5) is 11.7. The van der Waals surface area contributed by atoms with E-state index in [1.54, 1.807) is 0 Å². The molecule has 1 amide bonds. The molecule has 1 rings (SSSR count). The molecule has 1 aromatic rings. The molecule has 0 aliphatic rings. The summed E-state index contributed by atoms with van der Waals surface area (Å²) in [5.41, 5.74) is -0.250. The molecule has 6 heteroatoms. The molecule has 0 atom stereocenters. The summed E-state index contributed by atoms with van der Waals surface area (Å²) >= 11 is 1.28. The molecule has 0 unspecified atom stereocenters. The second kappa shape index (κ2) is 5.25. The first-order chi connectivity index (χ1) is 7.42. The van der Waals surface area contributed by atoms with Gasteiger partial charge >= 0.3 is 0 Å². The Balaban J connectivity index is 2.60. The van der Waals surface area contributed by atoms with Gasteiger partial charge in [-0.25, -0.2) is 0 Å². The van der Waals surface area contributed by atoms with Crippen LogP contribution in [0.1, 0.15) is 43.9 Å². The minimum Gasteiger partial charge on any atom is -0.360 e. The first-order valence-corrected chi connectivity index (χ1v) is 6.14. The highest BCUT2D eigenvalue weighted by atomic mass is 32.1. The molecule has 0 spiro atoms. The number of nitrogens with zero attached hydrogens (tertiary/aromatic N) is 2. The summed E-state index contributed by atoms with van der Waals surface area (Å²) in [7, 11) is 0. The lowest BCUT2D eigenvalue weighted by Gasteiger charge is -2.19. The van der Waals surface area contributed by atoms with Crippen molar-refractivity contribution in [2.24, 2.45) is 0 Å². The lowest BCUT2D eigenvalue weighted by atomic mass is 10.1. The third kappa shape index (κ3) is 4.14. The van der Waals surface area contributed by atoms with Gasteiger partial charge in [0, 0.05) is 12.1 Å². The van der Waals surface area contributed by atoms with Gasteiger partial charge in [-0.2, -0.15) is 0 Å². The first-order valence-electron chi connectivity index (χ1n) is 5.32. The lowest BCUT2D eigenvalue weighted by Crippen LogP contribution is -2.40. The topological polar surface area (TPSA) is 66.9 Å². The van der Waals surface area contributed by atoms with Gasteiger partial charge in [0.25, 0.3) is 5.91 Å². The van der Waals surface area contributed by atoms with Gasteiger partial charge in [-0.15, -0.1) is 10.2 Å². The number of carbonyl (C=O) groups excluding carboxylic acids is 1. The highest BCUT2D eigenvalue weighted by Gasteiger charge is 2.18. The monoisotopic (exact) mass is 242 g/mol. The molecular formula is C10H18N4OS. The van der Waals surface area contributed by atoms with Gasteiger partial charge in [0.1, 0.15) is 0 Å². The van der Waals surface area contributed by atoms with E-state index in [-0.39, 0.29) is 11.4 Å². The van der Waals surface area contributed by atoms with Crippen LogP contribution in [0.15, 0.2) is 0 Å². The highest BCUT2D eigenvalue weighted by molar-refractivity contribution is 7.17. The lowest BCUT2D eigenvalue weighted by molar-refractivity contribution is 0.0918. The molecular weight excluding hydrogens is 224 g/mol. The fourth-order valence-corrected chi connectivity index (χ4v) is 1.68. The van der Waals surface area contributed by atoms with E-state index in [0.717, 1.165) is 13.0 Å². The molecule has 5 nitrogen and oxygen atoms in total. The van der Waals surface area contributed by atoms with Crippen molar-refractivity contribution in [1.29, 1.82) is 0 Å². The normalized spacial score (nSPS) is 11.2. The van der Waals surface area contributed by atoms with Gasteiger partial charge in [-0.05, 0) is 27.2 Å². The SMILES string of the molecule is CCCNc1nnc(C(=O)NC(C)(C)C)s1. The summed E-state index contributed by atoms with van der Waals surface area (Å²) in [5.74, 6) is -0.172. The van der Waals surface area contributed by atoms with Crippen LogP contribution in [0.4, 0.5) is 5.13 Å². The number of hydrogen-bond acceptors (Lipinski definition) is 5. The van der Waals surface area contributed by atoms with Crippen molar-refractivity contribution in [2.75, 3.05) is 11.9 Å². The van der Waals surface area contributed by atoms with Crippen molar-refractivity contribution in [1.82, 2.24) is 15.5 Å². The van der Waals surface area contributed by atoms with E-state index < -0.39 is 0 Å². The summed E-state index contributed by atoms with van der Waals surface area (Å²) in [6, 6.07) is 0. The molecule has 1 aromatic heterocycles. The van der Waals surface area contributed by atoms with E-state index in [9.17, 15) is 4.79 Å². The van der Waals surface area contributed by atoms with Gasteiger partial charge < -0.3 is 10.6 Å². The zero-order chi connectivity index (χ0) is 12.2. The van der Waals surface area contributed by atoms with Crippen LogP contribution in [0.2, 0.25) is 0 Å². The van der Waals surface area contributed by atoms with Gasteiger partial charge in [-0.3, -0.25) is 4.79 Å². The average molecular weight is 242 g/mol. The minimum atomic E-state index is -0.250. The molecule has 0 aliphatic carbocycles. The maximum Gasteiger partial charge on any atom is 0.282 e. The van der Waals surface area contributed by atoms with E-state index >= 15 is 0 Å². The standard InChI is InChI=1S/C10H18N4OS/c1-5-6-11-9-14-13-8(16-9)7(15)12-10(2,3)4/h5-6H2,1-4H3,(H,11,14)(H,12,15). The van der Waals surface area contributed by atoms with E-state index in [1.807, 2.05) is 20.8 Å². The van der Waals surface area contributed by atoms with E-state index in [2.05, 4.69) is 27.8 Å². The smallest absolute Gasteiger partial charge is 0.282 e. The Hall–Kier alpha value is -1.17. The van der Waals surface area contributed by atoms with Crippen molar-refractivity contribution >= 4 is 22.4 Å². The fraction of sp³-hybridized carbons (Fsp3) is 0.700. The van der Waals surface area contributed by atoms with Gasteiger partial charge in [-0.1, -0.05) is 18.3 Å². The number of hydrogen-bond donors (Lipinski definition) is 2. The molecule has 0 saturated heterocycles. The molecule has 0 fully saturated rings. The van der Waals surface area contributed by atoms with Gasteiger partial charge in [0.15, 0.2) is 0 Å². The second-order valence-electron chi connectivity index (χ2n) is 4.54. The van der Waals surface area contributed by atoms with Crippen LogP contribution >= 0.6 is 11.3 Å². The first kappa shape index (κ1) is 12.9. The number of nitrogens with one attached hydrogen (secondary N) is 2. The zero-order valence-corrected chi connectivity index (χ0v) is 10.9. The maximum atomic E-state index is 11.7. The molecule has 0 aliphatic heterocycles. The summed E-state index contributed by atoms with van der Waals surface area (Å²) in [6.07, 6.45) is 1.02. The number of anilines is 1. The molecule has 0 bridgehead atoms. The van der Waals surface area contributed by atoms with E-state index in [1.165, 1.54) is 11.3 Å². The molecule has 0 aromatic carbocycles. The number of amides is 1. The Morgan fingerprint density at radius 3 is 2.62 bits per heavy atom. The predicted molar refractivity (Wildman–Crippen MR) is 65.9 cm³/mol. The molecule has 1 heterocycles. The summed E-state index contributed by atoms with van der Waals surface area (Å²) < 4.78 is 0. The highest BCUT2D eigenvalue weighted by Crippen LogP contribution is 2.15. The average Bonchev–Trinajstić information content (AvgIpc) is 2.60. The van der Waals surface area contributed by atoms with Crippen LogP contribution in [0.5, 0.6) is 0 Å². The van der Waals surface area contributed by atoms with Crippen molar-refractivity contribution in [3.05, 3.63) is 5.01 Å². The van der Waals surface area contributed by atoms with Gasteiger partial charge in [0.05, 0.1) is 0 Å². The molecule has 2 N–H and O–H groups in total. The van der Waals surface area contributed by atoms with Crippen LogP contribution in [0.25, 0.3) is 0 Å². The zero-order valence-electron chi connectivity index (χ0n) is 10.1. The van der Waals surface area contributed by atoms with Crippen LogP contribution in [0, 0.1) is 0 Å². The third-order valence-electron chi connectivity index (χ3n) is 1.63. The third-order valence-corrected chi connectivity index (χ3v) is 2.51. The van der Waals surface area contributed by atoms with Crippen LogP contribution in [-0.2, 0) is 0 Å². The largest absolute Gasteiger partial charge is 0.360 e. The number of rotatable bonds is 4. The quantitative estimate of drug-likeness (QED) is 0.846. The van der Waals surface area contributed by atoms with Crippen LogP contribution < -0.4 is 10.6 Å². The molecule has 0 saturated carbocycles. The van der Waals surface area contributed by atoms with E-state index in [0.29, 0.717) is 10.1 Å². The Morgan fingerprint density at radius 1 is 1.38 bits per heavy atom. The minimum absolute atomic E-state index is 0.172. The number of carbonyl (C=O) groups is 1. The van der Waals surface area contributed by atoms with Crippen LogP contribution in [0.3, 0.4) is 0 Å².